The van der Waals surface area contributed by atoms with E-state index in [4.69, 9.17) is 9.47 Å². The highest BCUT2D eigenvalue weighted by atomic mass is 79.9. The zero-order valence-corrected chi connectivity index (χ0v) is 13.4. The van der Waals surface area contributed by atoms with Crippen molar-refractivity contribution in [2.45, 2.75) is 0 Å². The second kappa shape index (κ2) is 5.85. The summed E-state index contributed by atoms with van der Waals surface area (Å²) in [5, 5.41) is 9.52. The van der Waals surface area contributed by atoms with Crippen LogP contribution < -0.4 is 9.47 Å². The van der Waals surface area contributed by atoms with Crippen LogP contribution in [0.15, 0.2) is 46.4 Å². The summed E-state index contributed by atoms with van der Waals surface area (Å²) in [6.07, 6.45) is 1.76. The maximum Gasteiger partial charge on any atom is 0.196 e. The van der Waals surface area contributed by atoms with E-state index in [0.29, 0.717) is 27.1 Å². The summed E-state index contributed by atoms with van der Waals surface area (Å²) in [5.41, 5.74) is 1.86. The van der Waals surface area contributed by atoms with Crippen LogP contribution >= 0.6 is 15.9 Å². The van der Waals surface area contributed by atoms with Gasteiger partial charge in [-0.3, -0.25) is 4.79 Å². The van der Waals surface area contributed by atoms with E-state index in [1.54, 1.807) is 49.6 Å². The van der Waals surface area contributed by atoms with Gasteiger partial charge in [0.05, 0.1) is 17.1 Å². The SMILES string of the molecule is COc1ccc2c(c1)C(=O)/C(=C\c1ccc(O)c(Br)c1)CO2. The third-order valence-corrected chi connectivity index (χ3v) is 4.05. The van der Waals surface area contributed by atoms with Crippen molar-refractivity contribution >= 4 is 27.8 Å². The smallest absolute Gasteiger partial charge is 0.196 e. The quantitative estimate of drug-likeness (QED) is 0.827. The molecule has 1 aliphatic heterocycles. The predicted octanol–water partition coefficient (Wildman–Crippen LogP) is 3.82. The molecule has 0 saturated heterocycles. The van der Waals surface area contributed by atoms with E-state index in [0.717, 1.165) is 5.56 Å². The van der Waals surface area contributed by atoms with Gasteiger partial charge in [-0.05, 0) is 57.9 Å². The number of ether oxygens (including phenoxy) is 2. The minimum absolute atomic E-state index is 0.0793. The first-order chi connectivity index (χ1) is 10.6. The molecule has 1 heterocycles. The number of hydrogen-bond acceptors (Lipinski definition) is 4. The first-order valence-corrected chi connectivity index (χ1v) is 7.42. The molecule has 22 heavy (non-hydrogen) atoms. The first-order valence-electron chi connectivity index (χ1n) is 6.63. The third-order valence-electron chi connectivity index (χ3n) is 3.42. The minimum atomic E-state index is -0.0793. The number of ketones is 1. The van der Waals surface area contributed by atoms with Crippen LogP contribution in [0.2, 0.25) is 0 Å². The molecule has 4 nitrogen and oxygen atoms in total. The van der Waals surface area contributed by atoms with E-state index in [1.807, 2.05) is 0 Å². The molecule has 5 heteroatoms. The minimum Gasteiger partial charge on any atom is -0.507 e. The molecule has 0 unspecified atom stereocenters. The van der Waals surface area contributed by atoms with E-state index in [1.165, 1.54) is 0 Å². The number of phenols is 1. The van der Waals surface area contributed by atoms with Gasteiger partial charge in [0, 0.05) is 5.57 Å². The van der Waals surface area contributed by atoms with E-state index >= 15 is 0 Å². The molecule has 0 amide bonds. The van der Waals surface area contributed by atoms with Crippen molar-refractivity contribution in [3.63, 3.8) is 0 Å². The molecule has 0 fully saturated rings. The molecule has 3 rings (SSSR count). The normalized spacial score (nSPS) is 15.4. The molecule has 1 aliphatic rings. The lowest BCUT2D eigenvalue weighted by atomic mass is 9.98. The molecule has 0 saturated carbocycles. The number of rotatable bonds is 2. The topological polar surface area (TPSA) is 55.8 Å². The molecule has 0 atom stereocenters. The lowest BCUT2D eigenvalue weighted by Crippen LogP contribution is -2.19. The molecule has 112 valence electrons. The van der Waals surface area contributed by atoms with Crippen molar-refractivity contribution in [3.8, 4) is 17.2 Å². The standard InChI is InChI=1S/C17H13BrO4/c1-21-12-3-5-16-13(8-12)17(20)11(9-22-16)6-10-2-4-15(19)14(18)7-10/h2-8,19H,9H2,1H3/b11-6-. The van der Waals surface area contributed by atoms with Crippen molar-refractivity contribution in [1.29, 1.82) is 0 Å². The molecule has 0 aromatic heterocycles. The summed E-state index contributed by atoms with van der Waals surface area (Å²) in [7, 11) is 1.56. The summed E-state index contributed by atoms with van der Waals surface area (Å²) >= 11 is 3.26. The highest BCUT2D eigenvalue weighted by molar-refractivity contribution is 9.10. The second-order valence-electron chi connectivity index (χ2n) is 4.86. The van der Waals surface area contributed by atoms with E-state index < -0.39 is 0 Å². The van der Waals surface area contributed by atoms with Crippen LogP contribution in [0.1, 0.15) is 15.9 Å². The molecule has 0 bridgehead atoms. The van der Waals surface area contributed by atoms with Crippen LogP contribution in [0.5, 0.6) is 17.2 Å². The zero-order valence-electron chi connectivity index (χ0n) is 11.8. The van der Waals surface area contributed by atoms with Gasteiger partial charge >= 0.3 is 0 Å². The lowest BCUT2D eigenvalue weighted by molar-refractivity contribution is 0.100. The van der Waals surface area contributed by atoms with Gasteiger partial charge in [-0.2, -0.15) is 0 Å². The van der Waals surface area contributed by atoms with Crippen molar-refractivity contribution in [2.24, 2.45) is 0 Å². The average molecular weight is 361 g/mol. The number of fused-ring (bicyclic) bond motifs is 1. The number of hydrogen-bond donors (Lipinski definition) is 1. The van der Waals surface area contributed by atoms with Crippen LogP contribution in [0.25, 0.3) is 6.08 Å². The molecule has 1 N–H and O–H groups in total. The van der Waals surface area contributed by atoms with Gasteiger partial charge in [-0.1, -0.05) is 6.07 Å². The summed E-state index contributed by atoms with van der Waals surface area (Å²) in [6.45, 7) is 0.219. The Labute approximate surface area is 136 Å². The zero-order chi connectivity index (χ0) is 15.7. The van der Waals surface area contributed by atoms with Gasteiger partial charge in [0.2, 0.25) is 0 Å². The molecule has 0 spiro atoms. The second-order valence-corrected chi connectivity index (χ2v) is 5.71. The Morgan fingerprint density at radius 1 is 1.27 bits per heavy atom. The molecule has 2 aromatic carbocycles. The summed E-state index contributed by atoms with van der Waals surface area (Å²) < 4.78 is 11.4. The van der Waals surface area contributed by atoms with Crippen molar-refractivity contribution < 1.29 is 19.4 Å². The fourth-order valence-corrected chi connectivity index (χ4v) is 2.65. The molecular weight excluding hydrogens is 348 g/mol. The first kappa shape index (κ1) is 14.7. The fourth-order valence-electron chi connectivity index (χ4n) is 2.25. The Hall–Kier alpha value is -2.27. The number of Topliss-reactive ketones (excluding diaryl/α,β-unsaturated/α-hetero) is 1. The monoisotopic (exact) mass is 360 g/mol. The fraction of sp³-hybridized carbons (Fsp3) is 0.118. The Morgan fingerprint density at radius 2 is 2.09 bits per heavy atom. The van der Waals surface area contributed by atoms with Gasteiger partial charge in [-0.15, -0.1) is 0 Å². The third kappa shape index (κ3) is 2.72. The summed E-state index contributed by atoms with van der Waals surface area (Å²) in [5.74, 6) is 1.26. The molecule has 0 aliphatic carbocycles. The number of aromatic hydroxyl groups is 1. The maximum absolute atomic E-state index is 12.6. The number of carbonyl (C=O) groups is 1. The van der Waals surface area contributed by atoms with E-state index in [-0.39, 0.29) is 18.1 Å². The highest BCUT2D eigenvalue weighted by Crippen LogP contribution is 2.32. The Balaban J connectivity index is 1.97. The summed E-state index contributed by atoms with van der Waals surface area (Å²) in [6, 6.07) is 10.2. The van der Waals surface area contributed by atoms with Crippen molar-refractivity contribution in [2.75, 3.05) is 13.7 Å². The largest absolute Gasteiger partial charge is 0.507 e. The molecule has 2 aromatic rings. The Bertz CT molecular complexity index is 780. The average Bonchev–Trinajstić information content (AvgIpc) is 2.53. The molecule has 0 radical (unpaired) electrons. The number of halogens is 1. The van der Waals surface area contributed by atoms with Crippen molar-refractivity contribution in [3.05, 3.63) is 57.6 Å². The summed E-state index contributed by atoms with van der Waals surface area (Å²) in [4.78, 5) is 12.6. The van der Waals surface area contributed by atoms with E-state index in [9.17, 15) is 9.90 Å². The Morgan fingerprint density at radius 3 is 2.82 bits per heavy atom. The van der Waals surface area contributed by atoms with Crippen LogP contribution in [0.4, 0.5) is 0 Å². The highest BCUT2D eigenvalue weighted by Gasteiger charge is 2.23. The Kier molecular flexibility index (Phi) is 3.90. The van der Waals surface area contributed by atoms with Gasteiger partial charge in [0.25, 0.3) is 0 Å². The number of methoxy groups -OCH3 is 1. The molecular formula is C17H13BrO4. The number of carbonyl (C=O) groups excluding carboxylic acids is 1. The van der Waals surface area contributed by atoms with Crippen LogP contribution in [-0.4, -0.2) is 24.6 Å². The lowest BCUT2D eigenvalue weighted by Gasteiger charge is -2.19. The van der Waals surface area contributed by atoms with Gasteiger partial charge in [0.1, 0.15) is 23.9 Å². The maximum atomic E-state index is 12.6. The van der Waals surface area contributed by atoms with Crippen molar-refractivity contribution in [1.82, 2.24) is 0 Å². The predicted molar refractivity (Wildman–Crippen MR) is 86.6 cm³/mol. The van der Waals surface area contributed by atoms with Gasteiger partial charge in [-0.25, -0.2) is 0 Å². The number of benzene rings is 2. The van der Waals surface area contributed by atoms with Crippen LogP contribution in [0.3, 0.4) is 0 Å². The van der Waals surface area contributed by atoms with Gasteiger partial charge in [0.15, 0.2) is 5.78 Å². The van der Waals surface area contributed by atoms with E-state index in [2.05, 4.69) is 15.9 Å². The van der Waals surface area contributed by atoms with Crippen LogP contribution in [0, 0.1) is 0 Å². The number of phenolic OH excluding ortho intramolecular Hbond substituents is 1. The van der Waals surface area contributed by atoms with Gasteiger partial charge < -0.3 is 14.6 Å². The van der Waals surface area contributed by atoms with Crippen LogP contribution in [-0.2, 0) is 0 Å².